The fraction of sp³-hybridized carbons (Fsp3) is 0.345. The van der Waals surface area contributed by atoms with Crippen LogP contribution in [-0.4, -0.2) is 45.2 Å². The Labute approximate surface area is 238 Å². The van der Waals surface area contributed by atoms with Crippen LogP contribution in [0.4, 0.5) is 23.2 Å². The van der Waals surface area contributed by atoms with Gasteiger partial charge in [0.25, 0.3) is 5.56 Å². The van der Waals surface area contributed by atoms with E-state index >= 15 is 0 Å². The van der Waals surface area contributed by atoms with Gasteiger partial charge in [-0.15, -0.1) is 0 Å². The Balaban J connectivity index is 1.56. The Kier molecular flexibility index (Phi) is 8.32. The summed E-state index contributed by atoms with van der Waals surface area (Å²) >= 11 is 0. The highest BCUT2D eigenvalue weighted by Gasteiger charge is 2.35. The summed E-state index contributed by atoms with van der Waals surface area (Å²) in [7, 11) is 0. The average molecular weight is 587 g/mol. The van der Waals surface area contributed by atoms with Crippen LogP contribution in [0, 0.1) is 12.7 Å². The summed E-state index contributed by atoms with van der Waals surface area (Å²) < 4.78 is 63.4. The maximum absolute atomic E-state index is 14.9. The third-order valence-corrected chi connectivity index (χ3v) is 7.56. The van der Waals surface area contributed by atoms with E-state index in [-0.39, 0.29) is 17.9 Å². The number of rotatable bonds is 8. The van der Waals surface area contributed by atoms with Crippen LogP contribution in [0.3, 0.4) is 0 Å². The van der Waals surface area contributed by atoms with Crippen LogP contribution in [0.5, 0.6) is 0 Å². The van der Waals surface area contributed by atoms with Crippen molar-refractivity contribution in [3.05, 3.63) is 116 Å². The molecule has 0 aliphatic carbocycles. The molecule has 1 aliphatic rings. The van der Waals surface area contributed by atoms with Crippen molar-refractivity contribution in [1.29, 1.82) is 0 Å². The van der Waals surface area contributed by atoms with E-state index in [9.17, 15) is 27.2 Å². The third kappa shape index (κ3) is 6.02. The van der Waals surface area contributed by atoms with E-state index < -0.39 is 47.0 Å². The standard InChI is InChI=1S/C29H30F4N6O3/c1-19-26(37-12-10-36(11-13-37)14-21-17-42-18-35-21)27(40)39(16-25(34)20-6-3-2-4-7-20)28(41)38(19)15-22-23(29(31,32)33)8-5-9-24(22)30/h2-9,17-18,25H,10-16,34H2,1H3/t25-/m0/s1. The third-order valence-electron chi connectivity index (χ3n) is 7.56. The van der Waals surface area contributed by atoms with Crippen molar-refractivity contribution in [1.82, 2.24) is 19.0 Å². The lowest BCUT2D eigenvalue weighted by Gasteiger charge is -2.36. The van der Waals surface area contributed by atoms with Crippen LogP contribution in [0.15, 0.2) is 75.2 Å². The monoisotopic (exact) mass is 586 g/mol. The van der Waals surface area contributed by atoms with Gasteiger partial charge in [0.1, 0.15) is 17.8 Å². The van der Waals surface area contributed by atoms with Gasteiger partial charge < -0.3 is 15.1 Å². The molecule has 1 fully saturated rings. The molecule has 0 bridgehead atoms. The van der Waals surface area contributed by atoms with E-state index in [1.165, 1.54) is 13.3 Å². The van der Waals surface area contributed by atoms with Crippen LogP contribution in [0.1, 0.15) is 34.1 Å². The number of alkyl halides is 3. The van der Waals surface area contributed by atoms with E-state index in [2.05, 4.69) is 9.88 Å². The van der Waals surface area contributed by atoms with E-state index in [0.29, 0.717) is 38.3 Å². The van der Waals surface area contributed by atoms with Crippen molar-refractivity contribution in [3.8, 4) is 0 Å². The average Bonchev–Trinajstić information content (AvgIpc) is 3.48. The number of nitrogens with two attached hydrogens (primary N) is 1. The zero-order valence-corrected chi connectivity index (χ0v) is 22.9. The van der Waals surface area contributed by atoms with Crippen molar-refractivity contribution in [2.45, 2.75) is 38.8 Å². The van der Waals surface area contributed by atoms with E-state index in [4.69, 9.17) is 10.2 Å². The first-order valence-corrected chi connectivity index (χ1v) is 13.4. The molecule has 3 heterocycles. The summed E-state index contributed by atoms with van der Waals surface area (Å²) in [6.07, 6.45) is -1.94. The Bertz CT molecular complexity index is 1640. The Morgan fingerprint density at radius 1 is 0.976 bits per heavy atom. The second-order valence-electron chi connectivity index (χ2n) is 10.2. The summed E-state index contributed by atoms with van der Waals surface area (Å²) in [5.41, 5.74) is 4.78. The number of anilines is 1. The molecular weight excluding hydrogens is 556 g/mol. The fourth-order valence-corrected chi connectivity index (χ4v) is 5.32. The molecular formula is C29H30F4N6O3. The number of hydrogen-bond acceptors (Lipinski definition) is 7. The molecule has 2 aromatic heterocycles. The van der Waals surface area contributed by atoms with Gasteiger partial charge in [0.15, 0.2) is 6.39 Å². The van der Waals surface area contributed by atoms with Gasteiger partial charge >= 0.3 is 11.9 Å². The van der Waals surface area contributed by atoms with E-state index in [1.54, 1.807) is 36.6 Å². The first-order chi connectivity index (χ1) is 20.0. The highest BCUT2D eigenvalue weighted by Crippen LogP contribution is 2.33. The van der Waals surface area contributed by atoms with Crippen molar-refractivity contribution < 1.29 is 22.0 Å². The van der Waals surface area contributed by atoms with Crippen LogP contribution < -0.4 is 21.9 Å². The molecule has 2 N–H and O–H groups in total. The molecule has 1 saturated heterocycles. The number of nitrogens with zero attached hydrogens (tertiary/aromatic N) is 5. The van der Waals surface area contributed by atoms with Crippen molar-refractivity contribution >= 4 is 5.69 Å². The maximum atomic E-state index is 14.9. The molecule has 2 aromatic carbocycles. The second kappa shape index (κ2) is 11.9. The summed E-state index contributed by atoms with van der Waals surface area (Å²) in [5, 5.41) is 0. The molecule has 0 spiro atoms. The minimum absolute atomic E-state index is 0.149. The van der Waals surface area contributed by atoms with Crippen molar-refractivity contribution in [2.75, 3.05) is 31.1 Å². The van der Waals surface area contributed by atoms with Crippen LogP contribution in [-0.2, 0) is 25.8 Å². The second-order valence-corrected chi connectivity index (χ2v) is 10.2. The molecule has 0 unspecified atom stereocenters. The predicted octanol–water partition coefficient (Wildman–Crippen LogP) is 3.53. The minimum atomic E-state index is -4.85. The molecule has 1 aliphatic heterocycles. The maximum Gasteiger partial charge on any atom is 0.416 e. The molecule has 4 aromatic rings. The van der Waals surface area contributed by atoms with Gasteiger partial charge in [-0.3, -0.25) is 18.8 Å². The molecule has 0 radical (unpaired) electrons. The lowest BCUT2D eigenvalue weighted by molar-refractivity contribution is -0.138. The molecule has 9 nitrogen and oxygen atoms in total. The molecule has 13 heteroatoms. The molecule has 42 heavy (non-hydrogen) atoms. The van der Waals surface area contributed by atoms with Gasteiger partial charge in [-0.25, -0.2) is 14.2 Å². The van der Waals surface area contributed by atoms with Gasteiger partial charge in [0.2, 0.25) is 0 Å². The number of benzene rings is 2. The number of hydrogen-bond donors (Lipinski definition) is 1. The van der Waals surface area contributed by atoms with Crippen LogP contribution >= 0.6 is 0 Å². The number of piperazine rings is 1. The molecule has 222 valence electrons. The predicted molar refractivity (Wildman–Crippen MR) is 148 cm³/mol. The zero-order valence-electron chi connectivity index (χ0n) is 22.9. The van der Waals surface area contributed by atoms with Gasteiger partial charge in [0.05, 0.1) is 24.3 Å². The Morgan fingerprint density at radius 2 is 1.69 bits per heavy atom. The smallest absolute Gasteiger partial charge is 0.416 e. The summed E-state index contributed by atoms with van der Waals surface area (Å²) in [5.74, 6) is -1.10. The topological polar surface area (TPSA) is 103 Å². The largest absolute Gasteiger partial charge is 0.451 e. The highest BCUT2D eigenvalue weighted by molar-refractivity contribution is 5.50. The molecule has 5 rings (SSSR count). The Morgan fingerprint density at radius 3 is 2.33 bits per heavy atom. The minimum Gasteiger partial charge on any atom is -0.451 e. The molecule has 1 atom stereocenters. The highest BCUT2D eigenvalue weighted by atomic mass is 19.4. The first kappa shape index (κ1) is 29.3. The fourth-order valence-electron chi connectivity index (χ4n) is 5.32. The normalized spacial score (nSPS) is 15.2. The first-order valence-electron chi connectivity index (χ1n) is 13.4. The van der Waals surface area contributed by atoms with Gasteiger partial charge in [-0.2, -0.15) is 13.2 Å². The Hall–Kier alpha value is -4.23. The SMILES string of the molecule is Cc1c(N2CCN(Cc3cocn3)CC2)c(=O)n(C[C@H](N)c2ccccc2)c(=O)n1Cc1c(F)cccc1C(F)(F)F. The lowest BCUT2D eigenvalue weighted by Crippen LogP contribution is -2.51. The van der Waals surface area contributed by atoms with Crippen LogP contribution in [0.25, 0.3) is 0 Å². The van der Waals surface area contributed by atoms with E-state index in [0.717, 1.165) is 33.0 Å². The van der Waals surface area contributed by atoms with Gasteiger partial charge in [-0.1, -0.05) is 36.4 Å². The number of halogens is 4. The zero-order chi connectivity index (χ0) is 30.0. The van der Waals surface area contributed by atoms with Crippen molar-refractivity contribution in [3.63, 3.8) is 0 Å². The van der Waals surface area contributed by atoms with Crippen LogP contribution in [0.2, 0.25) is 0 Å². The van der Waals surface area contributed by atoms with Gasteiger partial charge in [0, 0.05) is 50.0 Å². The number of oxazole rings is 1. The molecule has 0 amide bonds. The number of aromatic nitrogens is 3. The van der Waals surface area contributed by atoms with E-state index in [1.807, 2.05) is 4.90 Å². The lowest BCUT2D eigenvalue weighted by atomic mass is 10.1. The summed E-state index contributed by atoms with van der Waals surface area (Å²) in [6, 6.07) is 10.8. The van der Waals surface area contributed by atoms with Gasteiger partial charge in [-0.05, 0) is 24.6 Å². The quantitative estimate of drug-likeness (QED) is 0.315. The summed E-state index contributed by atoms with van der Waals surface area (Å²) in [6.45, 7) is 3.03. The summed E-state index contributed by atoms with van der Waals surface area (Å²) in [4.78, 5) is 35.7. The van der Waals surface area contributed by atoms with Crippen molar-refractivity contribution in [2.24, 2.45) is 5.73 Å². The molecule has 0 saturated carbocycles.